The van der Waals surface area contributed by atoms with Gasteiger partial charge in [-0.25, -0.2) is 0 Å². The molecule has 1 saturated heterocycles. The van der Waals surface area contributed by atoms with E-state index in [1.807, 2.05) is 0 Å². The molecule has 2 amide bonds. The van der Waals surface area contributed by atoms with Crippen LogP contribution in [0.3, 0.4) is 0 Å². The van der Waals surface area contributed by atoms with E-state index in [1.165, 1.54) is 6.39 Å². The largest absolute Gasteiger partial charge is 0.427 e. The van der Waals surface area contributed by atoms with Crippen LogP contribution in [0.5, 0.6) is 0 Å². The first-order valence-electron chi connectivity index (χ1n) is 6.02. The number of rotatable bonds is 3. The molecule has 0 bridgehead atoms. The van der Waals surface area contributed by atoms with Crippen LogP contribution in [0, 0.1) is 0 Å². The Kier molecular flexibility index (Phi) is 2.36. The summed E-state index contributed by atoms with van der Waals surface area (Å²) in [4.78, 5) is 25.4. The fourth-order valence-corrected chi connectivity index (χ4v) is 2.61. The maximum Gasteiger partial charge on any atom is 0.240 e. The lowest BCUT2D eigenvalue weighted by Gasteiger charge is -2.25. The van der Waals surface area contributed by atoms with Crippen molar-refractivity contribution < 1.29 is 14.0 Å². The Morgan fingerprint density at radius 2 is 2.28 bits per heavy atom. The van der Waals surface area contributed by atoms with Crippen LogP contribution in [0.1, 0.15) is 31.6 Å². The first kappa shape index (κ1) is 11.2. The van der Waals surface area contributed by atoms with Crippen molar-refractivity contribution in [2.24, 2.45) is 5.73 Å². The van der Waals surface area contributed by atoms with E-state index in [9.17, 15) is 9.59 Å². The lowest BCUT2D eigenvalue weighted by atomic mass is 10.0. The third-order valence-corrected chi connectivity index (χ3v) is 3.77. The van der Waals surface area contributed by atoms with E-state index in [2.05, 4.69) is 10.2 Å². The van der Waals surface area contributed by atoms with E-state index in [0.717, 1.165) is 6.42 Å². The van der Waals surface area contributed by atoms with Crippen molar-refractivity contribution in [1.82, 2.24) is 15.1 Å². The highest BCUT2D eigenvalue weighted by Gasteiger charge is 2.58. The molecule has 7 heteroatoms. The van der Waals surface area contributed by atoms with Crippen molar-refractivity contribution in [2.45, 2.75) is 37.1 Å². The molecule has 2 aliphatic rings. The minimum Gasteiger partial charge on any atom is -0.427 e. The smallest absolute Gasteiger partial charge is 0.240 e. The highest BCUT2D eigenvalue weighted by molar-refractivity contribution is 5.94. The molecule has 2 N–H and O–H groups in total. The second-order valence-corrected chi connectivity index (χ2v) is 4.88. The molecular weight excluding hydrogens is 236 g/mol. The fraction of sp³-hybridized carbons (Fsp3) is 0.636. The van der Waals surface area contributed by atoms with E-state index in [0.29, 0.717) is 31.7 Å². The van der Waals surface area contributed by atoms with Crippen molar-refractivity contribution in [1.29, 1.82) is 0 Å². The lowest BCUT2D eigenvalue weighted by molar-refractivity contribution is -0.139. The molecule has 1 atom stereocenters. The van der Waals surface area contributed by atoms with E-state index in [4.69, 9.17) is 10.2 Å². The van der Waals surface area contributed by atoms with Gasteiger partial charge in [0.2, 0.25) is 24.1 Å². The average Bonchev–Trinajstić information content (AvgIpc) is 2.85. The van der Waals surface area contributed by atoms with Gasteiger partial charge in [0.25, 0.3) is 0 Å². The third kappa shape index (κ3) is 1.50. The number of carbonyl (C=O) groups is 2. The molecule has 1 aliphatic carbocycles. The van der Waals surface area contributed by atoms with Crippen LogP contribution in [0.4, 0.5) is 0 Å². The Hall–Kier alpha value is -1.92. The quantitative estimate of drug-likeness (QED) is 0.784. The van der Waals surface area contributed by atoms with Crippen LogP contribution in [-0.2, 0) is 15.0 Å². The standard InChI is InChI=1S/C11H14N4O3/c12-8(16)7-2-1-5-15(7)10(17)11(3-4-11)9-14-13-6-18-9/h6-7H,1-5H2,(H2,12,16). The zero-order chi connectivity index (χ0) is 12.8. The van der Waals surface area contributed by atoms with Gasteiger partial charge in [-0.3, -0.25) is 9.59 Å². The molecule has 0 aromatic carbocycles. The summed E-state index contributed by atoms with van der Waals surface area (Å²) in [6.45, 7) is 0.572. The van der Waals surface area contributed by atoms with E-state index < -0.39 is 17.4 Å². The number of nitrogens with zero attached hydrogens (tertiary/aromatic N) is 3. The summed E-state index contributed by atoms with van der Waals surface area (Å²) in [7, 11) is 0. The van der Waals surface area contributed by atoms with Crippen molar-refractivity contribution >= 4 is 11.8 Å². The summed E-state index contributed by atoms with van der Waals surface area (Å²) >= 11 is 0. The number of primary amides is 1. The predicted octanol–water partition coefficient (Wildman–Crippen LogP) is -0.423. The van der Waals surface area contributed by atoms with Gasteiger partial charge in [-0.2, -0.15) is 0 Å². The molecule has 96 valence electrons. The van der Waals surface area contributed by atoms with Gasteiger partial charge in [-0.15, -0.1) is 10.2 Å². The average molecular weight is 250 g/mol. The number of hydrogen-bond donors (Lipinski definition) is 1. The van der Waals surface area contributed by atoms with E-state index in [-0.39, 0.29) is 5.91 Å². The molecule has 2 heterocycles. The molecule has 18 heavy (non-hydrogen) atoms. The normalized spacial score (nSPS) is 25.1. The first-order valence-corrected chi connectivity index (χ1v) is 6.02. The summed E-state index contributed by atoms with van der Waals surface area (Å²) < 4.78 is 5.15. The second kappa shape index (κ2) is 3.79. The molecule has 7 nitrogen and oxygen atoms in total. The molecule has 1 aromatic rings. The Morgan fingerprint density at radius 1 is 1.50 bits per heavy atom. The monoisotopic (exact) mass is 250 g/mol. The van der Waals surface area contributed by atoms with Gasteiger partial charge in [-0.05, 0) is 25.7 Å². The summed E-state index contributed by atoms with van der Waals surface area (Å²) in [5.74, 6) is -0.196. The van der Waals surface area contributed by atoms with Crippen molar-refractivity contribution in [3.8, 4) is 0 Å². The summed E-state index contributed by atoms with van der Waals surface area (Å²) in [6, 6.07) is -0.488. The maximum absolute atomic E-state index is 12.5. The fourth-order valence-electron chi connectivity index (χ4n) is 2.61. The summed E-state index contributed by atoms with van der Waals surface area (Å²) in [5, 5.41) is 7.45. The van der Waals surface area contributed by atoms with Crippen LogP contribution in [0.2, 0.25) is 0 Å². The zero-order valence-electron chi connectivity index (χ0n) is 9.83. The zero-order valence-corrected chi connectivity index (χ0v) is 9.83. The Morgan fingerprint density at radius 3 is 2.83 bits per heavy atom. The highest BCUT2D eigenvalue weighted by atomic mass is 16.4. The Bertz CT molecular complexity index is 480. The SMILES string of the molecule is NC(=O)C1CCCN1C(=O)C1(c2nnco2)CC1. The number of aromatic nitrogens is 2. The first-order chi connectivity index (χ1) is 8.65. The van der Waals surface area contributed by atoms with E-state index >= 15 is 0 Å². The second-order valence-electron chi connectivity index (χ2n) is 4.88. The van der Waals surface area contributed by atoms with E-state index in [1.54, 1.807) is 4.90 Å². The highest BCUT2D eigenvalue weighted by Crippen LogP contribution is 2.49. The van der Waals surface area contributed by atoms with Gasteiger partial charge >= 0.3 is 0 Å². The molecular formula is C11H14N4O3. The number of likely N-dealkylation sites (tertiary alicyclic amines) is 1. The molecule has 1 aliphatic heterocycles. The van der Waals surface area contributed by atoms with Gasteiger partial charge < -0.3 is 15.1 Å². The number of amides is 2. The van der Waals surface area contributed by atoms with Gasteiger partial charge in [0.05, 0.1) is 0 Å². The molecule has 3 rings (SSSR count). The molecule has 1 saturated carbocycles. The van der Waals surface area contributed by atoms with Crippen LogP contribution in [0.25, 0.3) is 0 Å². The number of nitrogens with two attached hydrogens (primary N) is 1. The number of hydrogen-bond acceptors (Lipinski definition) is 5. The maximum atomic E-state index is 12.5. The summed E-state index contributed by atoms with van der Waals surface area (Å²) in [5.41, 5.74) is 4.62. The van der Waals surface area contributed by atoms with Crippen LogP contribution in [0.15, 0.2) is 10.8 Å². The van der Waals surface area contributed by atoms with Gasteiger partial charge in [0.15, 0.2) is 0 Å². The number of carbonyl (C=O) groups excluding carboxylic acids is 2. The van der Waals surface area contributed by atoms with Gasteiger partial charge in [-0.1, -0.05) is 0 Å². The van der Waals surface area contributed by atoms with Crippen molar-refractivity contribution in [2.75, 3.05) is 6.54 Å². The van der Waals surface area contributed by atoms with Crippen LogP contribution >= 0.6 is 0 Å². The molecule has 2 fully saturated rings. The predicted molar refractivity (Wildman–Crippen MR) is 59.1 cm³/mol. The molecule has 0 radical (unpaired) electrons. The van der Waals surface area contributed by atoms with Gasteiger partial charge in [0, 0.05) is 6.54 Å². The Balaban J connectivity index is 1.85. The van der Waals surface area contributed by atoms with Crippen molar-refractivity contribution in [3.63, 3.8) is 0 Å². The molecule has 1 unspecified atom stereocenters. The minimum absolute atomic E-state index is 0.104. The Labute approximate surface area is 103 Å². The molecule has 0 spiro atoms. The minimum atomic E-state index is -0.700. The van der Waals surface area contributed by atoms with Gasteiger partial charge in [0.1, 0.15) is 11.5 Å². The summed E-state index contributed by atoms with van der Waals surface area (Å²) in [6.07, 6.45) is 4.05. The third-order valence-electron chi connectivity index (χ3n) is 3.77. The van der Waals surface area contributed by atoms with Crippen LogP contribution in [-0.4, -0.2) is 39.5 Å². The topological polar surface area (TPSA) is 102 Å². The van der Waals surface area contributed by atoms with Crippen LogP contribution < -0.4 is 5.73 Å². The lowest BCUT2D eigenvalue weighted by Crippen LogP contribution is -2.47. The van der Waals surface area contributed by atoms with Crippen molar-refractivity contribution in [3.05, 3.63) is 12.3 Å². The molecule has 1 aromatic heterocycles.